The van der Waals surface area contributed by atoms with Crippen molar-refractivity contribution in [1.29, 1.82) is 0 Å². The summed E-state index contributed by atoms with van der Waals surface area (Å²) in [5.41, 5.74) is 6.42. The fourth-order valence-corrected chi connectivity index (χ4v) is 4.61. The van der Waals surface area contributed by atoms with Gasteiger partial charge >= 0.3 is 0 Å². The predicted octanol–water partition coefficient (Wildman–Crippen LogP) is 6.22. The van der Waals surface area contributed by atoms with E-state index in [0.717, 1.165) is 48.5 Å². The van der Waals surface area contributed by atoms with Gasteiger partial charge in [-0.15, -0.1) is 13.2 Å². The summed E-state index contributed by atoms with van der Waals surface area (Å²) in [5, 5.41) is 0. The standard InChI is InChI=1S/C23H24BBr/c1-3-5-7-13-23(14-8-6-4-2)21-15-17(24)9-11-19(21)20-12-10-18(25)16-22(20)23/h3-4,9-12,15-16H,1-2,5-8,13-14H2. The van der Waals surface area contributed by atoms with Crippen LogP contribution in [0.2, 0.25) is 0 Å². The van der Waals surface area contributed by atoms with Gasteiger partial charge in [0.25, 0.3) is 0 Å². The van der Waals surface area contributed by atoms with E-state index in [4.69, 9.17) is 7.85 Å². The highest BCUT2D eigenvalue weighted by molar-refractivity contribution is 9.10. The van der Waals surface area contributed by atoms with Crippen molar-refractivity contribution in [2.75, 3.05) is 0 Å². The Morgan fingerprint density at radius 2 is 1.44 bits per heavy atom. The van der Waals surface area contributed by atoms with Crippen LogP contribution in [-0.2, 0) is 5.41 Å². The maximum absolute atomic E-state index is 6.18. The second-order valence-corrected chi connectivity index (χ2v) is 7.85. The summed E-state index contributed by atoms with van der Waals surface area (Å²) >= 11 is 3.68. The van der Waals surface area contributed by atoms with Gasteiger partial charge in [0, 0.05) is 9.89 Å². The molecule has 0 unspecified atom stereocenters. The first kappa shape index (κ1) is 18.3. The van der Waals surface area contributed by atoms with Crippen LogP contribution in [0.5, 0.6) is 0 Å². The molecule has 2 radical (unpaired) electrons. The second-order valence-electron chi connectivity index (χ2n) is 6.94. The van der Waals surface area contributed by atoms with Crippen LogP contribution in [0, 0.1) is 0 Å². The van der Waals surface area contributed by atoms with Gasteiger partial charge < -0.3 is 0 Å². The quantitative estimate of drug-likeness (QED) is 0.285. The largest absolute Gasteiger partial charge is 0.113 e. The molecule has 0 saturated carbocycles. The maximum Gasteiger partial charge on any atom is 0.113 e. The first-order chi connectivity index (χ1) is 12.1. The summed E-state index contributed by atoms with van der Waals surface area (Å²) in [6, 6.07) is 13.1. The Kier molecular flexibility index (Phi) is 5.69. The third-order valence-electron chi connectivity index (χ3n) is 5.37. The third kappa shape index (κ3) is 3.42. The van der Waals surface area contributed by atoms with Gasteiger partial charge in [0.15, 0.2) is 0 Å². The van der Waals surface area contributed by atoms with Crippen LogP contribution in [0.15, 0.2) is 66.2 Å². The zero-order valence-electron chi connectivity index (χ0n) is 14.7. The molecule has 0 spiro atoms. The van der Waals surface area contributed by atoms with Crippen molar-refractivity contribution in [1.82, 2.24) is 0 Å². The molecule has 126 valence electrons. The van der Waals surface area contributed by atoms with Gasteiger partial charge in [0.1, 0.15) is 7.85 Å². The fraction of sp³-hybridized carbons (Fsp3) is 0.304. The van der Waals surface area contributed by atoms with E-state index < -0.39 is 0 Å². The molecular weight excluding hydrogens is 367 g/mol. The Labute approximate surface area is 161 Å². The molecule has 0 aromatic heterocycles. The van der Waals surface area contributed by atoms with Crippen molar-refractivity contribution < 1.29 is 0 Å². The summed E-state index contributed by atoms with van der Waals surface area (Å²) in [6.07, 6.45) is 10.7. The van der Waals surface area contributed by atoms with Crippen LogP contribution >= 0.6 is 15.9 Å². The maximum atomic E-state index is 6.18. The van der Waals surface area contributed by atoms with E-state index in [1.54, 1.807) is 0 Å². The molecule has 2 aromatic carbocycles. The van der Waals surface area contributed by atoms with Gasteiger partial charge in [-0.3, -0.25) is 0 Å². The molecule has 0 bridgehead atoms. The fourth-order valence-electron chi connectivity index (χ4n) is 4.25. The molecule has 0 N–H and O–H groups in total. The summed E-state index contributed by atoms with van der Waals surface area (Å²) in [4.78, 5) is 0. The molecule has 2 heteroatoms. The Balaban J connectivity index is 2.16. The lowest BCUT2D eigenvalue weighted by molar-refractivity contribution is 0.422. The van der Waals surface area contributed by atoms with Crippen molar-refractivity contribution in [3.8, 4) is 11.1 Å². The molecule has 0 fully saturated rings. The normalized spacial score (nSPS) is 14.0. The number of unbranched alkanes of at least 4 members (excludes halogenated alkanes) is 2. The van der Waals surface area contributed by atoms with Crippen LogP contribution in [0.1, 0.15) is 49.7 Å². The molecule has 0 nitrogen and oxygen atoms in total. The Morgan fingerprint density at radius 1 is 0.880 bits per heavy atom. The number of allylic oxidation sites excluding steroid dienone is 2. The minimum absolute atomic E-state index is 0.0375. The molecular formula is C23H24BBr. The van der Waals surface area contributed by atoms with E-state index in [9.17, 15) is 0 Å². The predicted molar refractivity (Wildman–Crippen MR) is 114 cm³/mol. The minimum atomic E-state index is 0.0375. The molecule has 0 saturated heterocycles. The molecule has 0 atom stereocenters. The Morgan fingerprint density at radius 3 is 2.04 bits per heavy atom. The zero-order valence-corrected chi connectivity index (χ0v) is 16.3. The zero-order chi connectivity index (χ0) is 17.9. The highest BCUT2D eigenvalue weighted by atomic mass is 79.9. The molecule has 0 amide bonds. The van der Waals surface area contributed by atoms with Crippen molar-refractivity contribution in [3.05, 3.63) is 77.3 Å². The lowest BCUT2D eigenvalue weighted by Gasteiger charge is -2.33. The highest BCUT2D eigenvalue weighted by Crippen LogP contribution is 2.54. The molecule has 25 heavy (non-hydrogen) atoms. The lowest BCUT2D eigenvalue weighted by atomic mass is 9.70. The molecule has 1 aliphatic carbocycles. The first-order valence-electron chi connectivity index (χ1n) is 9.04. The summed E-state index contributed by atoms with van der Waals surface area (Å²) in [7, 11) is 6.18. The molecule has 2 aromatic rings. The number of rotatable bonds is 8. The Hall–Kier alpha value is -1.54. The van der Waals surface area contributed by atoms with Crippen LogP contribution in [0.25, 0.3) is 11.1 Å². The number of hydrogen-bond donors (Lipinski definition) is 0. The summed E-state index contributed by atoms with van der Waals surface area (Å²) in [5.74, 6) is 0. The SMILES string of the molecule is [B]c1ccc2c(c1)C(CCCC=C)(CCCC=C)c1cc(Br)ccc1-2. The van der Waals surface area contributed by atoms with E-state index >= 15 is 0 Å². The number of hydrogen-bond acceptors (Lipinski definition) is 0. The van der Waals surface area contributed by atoms with Crippen molar-refractivity contribution in [2.24, 2.45) is 0 Å². The van der Waals surface area contributed by atoms with Crippen LogP contribution in [0.3, 0.4) is 0 Å². The first-order valence-corrected chi connectivity index (χ1v) is 9.84. The van der Waals surface area contributed by atoms with Crippen LogP contribution in [-0.4, -0.2) is 7.85 Å². The van der Waals surface area contributed by atoms with Crippen molar-refractivity contribution in [2.45, 2.75) is 43.9 Å². The van der Waals surface area contributed by atoms with Gasteiger partial charge in [0.05, 0.1) is 0 Å². The Bertz CT molecular complexity index is 723. The van der Waals surface area contributed by atoms with Gasteiger partial charge in [0.2, 0.25) is 0 Å². The van der Waals surface area contributed by atoms with Crippen LogP contribution < -0.4 is 5.46 Å². The number of benzene rings is 2. The molecule has 1 aliphatic rings. The lowest BCUT2D eigenvalue weighted by Crippen LogP contribution is -2.26. The average molecular weight is 391 g/mol. The van der Waals surface area contributed by atoms with Gasteiger partial charge in [-0.1, -0.05) is 57.8 Å². The second kappa shape index (κ2) is 7.78. The molecule has 0 aliphatic heterocycles. The third-order valence-corrected chi connectivity index (χ3v) is 5.86. The number of fused-ring (bicyclic) bond motifs is 3. The van der Waals surface area contributed by atoms with E-state index in [1.165, 1.54) is 22.3 Å². The van der Waals surface area contributed by atoms with Crippen molar-refractivity contribution in [3.63, 3.8) is 0 Å². The van der Waals surface area contributed by atoms with Crippen molar-refractivity contribution >= 4 is 29.2 Å². The topological polar surface area (TPSA) is 0 Å². The van der Waals surface area contributed by atoms with Crippen LogP contribution in [0.4, 0.5) is 0 Å². The summed E-state index contributed by atoms with van der Waals surface area (Å²) in [6.45, 7) is 7.80. The monoisotopic (exact) mass is 390 g/mol. The minimum Gasteiger partial charge on any atom is -0.103 e. The van der Waals surface area contributed by atoms with E-state index in [1.807, 2.05) is 18.2 Å². The molecule has 0 heterocycles. The smallest absolute Gasteiger partial charge is 0.103 e. The van der Waals surface area contributed by atoms with E-state index in [2.05, 4.69) is 59.4 Å². The summed E-state index contributed by atoms with van der Waals surface area (Å²) < 4.78 is 1.14. The van der Waals surface area contributed by atoms with Gasteiger partial charge in [-0.05, 0) is 72.9 Å². The average Bonchev–Trinajstić information content (AvgIpc) is 2.85. The van der Waals surface area contributed by atoms with E-state index in [-0.39, 0.29) is 5.41 Å². The number of halogens is 1. The molecule has 3 rings (SSSR count). The van der Waals surface area contributed by atoms with E-state index in [0.29, 0.717) is 0 Å². The van der Waals surface area contributed by atoms with Gasteiger partial charge in [-0.2, -0.15) is 0 Å². The van der Waals surface area contributed by atoms with Gasteiger partial charge in [-0.25, -0.2) is 0 Å². The highest BCUT2D eigenvalue weighted by Gasteiger charge is 2.42.